The molecule has 6 heteroatoms. The zero-order valence-corrected chi connectivity index (χ0v) is 17.3. The van der Waals surface area contributed by atoms with Crippen LogP contribution < -0.4 is 4.74 Å². The van der Waals surface area contributed by atoms with E-state index in [0.717, 1.165) is 25.4 Å². The minimum Gasteiger partial charge on any atom is -0.484 e. The van der Waals surface area contributed by atoms with Gasteiger partial charge in [0.25, 0.3) is 5.91 Å². The third kappa shape index (κ3) is 4.82. The molecule has 156 valence electrons. The van der Waals surface area contributed by atoms with Crippen LogP contribution in [0.2, 0.25) is 0 Å². The van der Waals surface area contributed by atoms with Gasteiger partial charge in [0.1, 0.15) is 5.75 Å². The van der Waals surface area contributed by atoms with Gasteiger partial charge in [0.05, 0.1) is 19.3 Å². The number of ether oxygens (including phenoxy) is 2. The van der Waals surface area contributed by atoms with E-state index in [1.165, 1.54) is 24.1 Å². The number of carbonyl (C=O) groups is 1. The third-order valence-electron chi connectivity index (χ3n) is 5.87. The lowest BCUT2D eigenvalue weighted by molar-refractivity contribution is -0.137. The van der Waals surface area contributed by atoms with E-state index < -0.39 is 0 Å². The largest absolute Gasteiger partial charge is 0.484 e. The smallest absolute Gasteiger partial charge is 0.260 e. The van der Waals surface area contributed by atoms with Crippen molar-refractivity contribution in [3.63, 3.8) is 0 Å². The number of benzene rings is 1. The highest BCUT2D eigenvalue weighted by Gasteiger charge is 2.26. The van der Waals surface area contributed by atoms with Crippen LogP contribution in [0.3, 0.4) is 0 Å². The van der Waals surface area contributed by atoms with Gasteiger partial charge in [0, 0.05) is 44.6 Å². The summed E-state index contributed by atoms with van der Waals surface area (Å²) in [6.07, 6.45) is 4.55. The Morgan fingerprint density at radius 3 is 2.66 bits per heavy atom. The van der Waals surface area contributed by atoms with E-state index >= 15 is 0 Å². The number of nitrogens with zero attached hydrogens (tertiary/aromatic N) is 3. The van der Waals surface area contributed by atoms with Gasteiger partial charge < -0.3 is 18.9 Å². The first-order valence-corrected chi connectivity index (χ1v) is 10.7. The molecule has 0 aliphatic carbocycles. The molecule has 2 aliphatic heterocycles. The molecule has 0 spiro atoms. The molecule has 29 heavy (non-hydrogen) atoms. The number of carbonyl (C=O) groups excluding carboxylic acids is 1. The summed E-state index contributed by atoms with van der Waals surface area (Å²) in [5.74, 6) is 0.768. The van der Waals surface area contributed by atoms with Gasteiger partial charge in [0.15, 0.2) is 6.61 Å². The van der Waals surface area contributed by atoms with Gasteiger partial charge in [-0.25, -0.2) is 0 Å². The summed E-state index contributed by atoms with van der Waals surface area (Å²) in [6, 6.07) is 13.1. The van der Waals surface area contributed by atoms with Crippen molar-refractivity contribution >= 4 is 5.91 Å². The lowest BCUT2D eigenvalue weighted by Gasteiger charge is -2.37. The van der Waals surface area contributed by atoms with Gasteiger partial charge in [0.2, 0.25) is 0 Å². The summed E-state index contributed by atoms with van der Waals surface area (Å²) in [5.41, 5.74) is 2.71. The molecule has 0 N–H and O–H groups in total. The number of aromatic nitrogens is 1. The van der Waals surface area contributed by atoms with Crippen molar-refractivity contribution < 1.29 is 14.3 Å². The summed E-state index contributed by atoms with van der Waals surface area (Å²) in [5, 5.41) is 0. The number of morpholine rings is 1. The van der Waals surface area contributed by atoms with Crippen LogP contribution in [0.15, 0.2) is 42.6 Å². The zero-order chi connectivity index (χ0) is 20.1. The van der Waals surface area contributed by atoms with Gasteiger partial charge in [-0.3, -0.25) is 9.69 Å². The molecule has 1 aromatic heterocycles. The van der Waals surface area contributed by atoms with Crippen LogP contribution in [-0.2, 0) is 22.6 Å². The van der Waals surface area contributed by atoms with Crippen molar-refractivity contribution in [1.82, 2.24) is 14.4 Å². The van der Waals surface area contributed by atoms with Crippen LogP contribution in [0.5, 0.6) is 5.75 Å². The van der Waals surface area contributed by atoms with Gasteiger partial charge >= 0.3 is 0 Å². The van der Waals surface area contributed by atoms with Crippen LogP contribution in [0.4, 0.5) is 0 Å². The van der Waals surface area contributed by atoms with E-state index in [9.17, 15) is 4.79 Å². The maximum atomic E-state index is 12.2. The van der Waals surface area contributed by atoms with E-state index in [0.29, 0.717) is 32.3 Å². The Bertz CT molecular complexity index is 796. The van der Waals surface area contributed by atoms with Gasteiger partial charge in [-0.2, -0.15) is 0 Å². The Kier molecular flexibility index (Phi) is 6.52. The molecule has 1 amide bonds. The topological polar surface area (TPSA) is 46.9 Å². The third-order valence-corrected chi connectivity index (χ3v) is 5.87. The van der Waals surface area contributed by atoms with Crippen LogP contribution in [0.25, 0.3) is 0 Å². The molecule has 3 heterocycles. The molecule has 0 radical (unpaired) electrons. The number of hydrogen-bond donors (Lipinski definition) is 0. The fourth-order valence-corrected chi connectivity index (χ4v) is 4.28. The minimum atomic E-state index is 0.0242. The second kappa shape index (κ2) is 9.46. The Labute approximate surface area is 173 Å². The Morgan fingerprint density at radius 1 is 1.10 bits per heavy atom. The lowest BCUT2D eigenvalue weighted by Crippen LogP contribution is -2.42. The summed E-state index contributed by atoms with van der Waals surface area (Å²) >= 11 is 0. The summed E-state index contributed by atoms with van der Waals surface area (Å²) in [6.45, 7) is 7.92. The molecule has 0 bridgehead atoms. The Hall–Kier alpha value is -2.31. The molecule has 0 unspecified atom stereocenters. The molecule has 1 fully saturated rings. The van der Waals surface area contributed by atoms with Crippen molar-refractivity contribution in [2.45, 2.75) is 38.9 Å². The standard InChI is InChI=1S/C23H31N3O3/c1-2-4-21-22-5-3-10-24(22)11-12-26(21)17-19-6-8-20(9-7-19)29-18-23(27)25-13-15-28-16-14-25/h3,5-10,21H,2,4,11-18H2,1H3/t21-/m0/s1. The molecule has 0 saturated carbocycles. The second-order valence-electron chi connectivity index (χ2n) is 7.83. The maximum absolute atomic E-state index is 12.2. The molecule has 1 aromatic carbocycles. The quantitative estimate of drug-likeness (QED) is 0.720. The molecule has 2 aliphatic rings. The van der Waals surface area contributed by atoms with Gasteiger partial charge in [-0.1, -0.05) is 25.5 Å². The number of hydrogen-bond acceptors (Lipinski definition) is 4. The molecular formula is C23H31N3O3. The molecule has 6 nitrogen and oxygen atoms in total. The molecule has 1 saturated heterocycles. The average Bonchev–Trinajstić information content (AvgIpc) is 3.24. The van der Waals surface area contributed by atoms with E-state index in [4.69, 9.17) is 9.47 Å². The fourth-order valence-electron chi connectivity index (χ4n) is 4.28. The maximum Gasteiger partial charge on any atom is 0.260 e. The lowest BCUT2D eigenvalue weighted by atomic mass is 10.0. The van der Waals surface area contributed by atoms with Crippen LogP contribution in [0, 0.1) is 0 Å². The van der Waals surface area contributed by atoms with Crippen LogP contribution in [-0.4, -0.2) is 59.7 Å². The van der Waals surface area contributed by atoms with E-state index in [2.05, 4.69) is 46.9 Å². The SMILES string of the molecule is CCC[C@H]1c2cccn2CCN1Cc1ccc(OCC(=O)N2CCOCC2)cc1. The molecular weight excluding hydrogens is 366 g/mol. The Balaban J connectivity index is 1.32. The normalized spacial score (nSPS) is 19.8. The van der Waals surface area contributed by atoms with Crippen molar-refractivity contribution in [2.24, 2.45) is 0 Å². The summed E-state index contributed by atoms with van der Waals surface area (Å²) in [7, 11) is 0. The van der Waals surface area contributed by atoms with Crippen molar-refractivity contribution in [1.29, 1.82) is 0 Å². The number of rotatable bonds is 7. The first-order chi connectivity index (χ1) is 14.2. The van der Waals surface area contributed by atoms with E-state index in [1.807, 2.05) is 12.1 Å². The fraction of sp³-hybridized carbons (Fsp3) is 0.522. The molecule has 2 aromatic rings. The average molecular weight is 398 g/mol. The Morgan fingerprint density at radius 2 is 1.90 bits per heavy atom. The number of fused-ring (bicyclic) bond motifs is 1. The predicted molar refractivity (Wildman–Crippen MR) is 112 cm³/mol. The first kappa shape index (κ1) is 20.0. The number of amides is 1. The van der Waals surface area contributed by atoms with Crippen LogP contribution in [0.1, 0.15) is 37.1 Å². The highest BCUT2D eigenvalue weighted by atomic mass is 16.5. The summed E-state index contributed by atoms with van der Waals surface area (Å²) < 4.78 is 13.4. The van der Waals surface area contributed by atoms with Crippen molar-refractivity contribution in [2.75, 3.05) is 39.5 Å². The highest BCUT2D eigenvalue weighted by Crippen LogP contribution is 2.31. The first-order valence-electron chi connectivity index (χ1n) is 10.7. The van der Waals surface area contributed by atoms with E-state index in [1.54, 1.807) is 4.90 Å². The second-order valence-corrected chi connectivity index (χ2v) is 7.83. The van der Waals surface area contributed by atoms with Crippen molar-refractivity contribution in [3.05, 3.63) is 53.9 Å². The van der Waals surface area contributed by atoms with Gasteiger partial charge in [-0.15, -0.1) is 0 Å². The van der Waals surface area contributed by atoms with E-state index in [-0.39, 0.29) is 12.5 Å². The highest BCUT2D eigenvalue weighted by molar-refractivity contribution is 5.77. The summed E-state index contributed by atoms with van der Waals surface area (Å²) in [4.78, 5) is 16.6. The molecule has 1 atom stereocenters. The van der Waals surface area contributed by atoms with Crippen LogP contribution >= 0.6 is 0 Å². The molecule has 4 rings (SSSR count). The van der Waals surface area contributed by atoms with Gasteiger partial charge in [-0.05, 0) is 36.2 Å². The minimum absolute atomic E-state index is 0.0242. The van der Waals surface area contributed by atoms with Crippen molar-refractivity contribution in [3.8, 4) is 5.75 Å². The zero-order valence-electron chi connectivity index (χ0n) is 17.3. The monoisotopic (exact) mass is 397 g/mol. The predicted octanol–water partition coefficient (Wildman–Crippen LogP) is 3.08.